The van der Waals surface area contributed by atoms with Crippen LogP contribution in [0, 0.1) is 6.92 Å². The number of amides is 1. The monoisotopic (exact) mass is 473 g/mol. The molecule has 1 aromatic heterocycles. The van der Waals surface area contributed by atoms with Gasteiger partial charge < -0.3 is 4.74 Å². The fourth-order valence-electron chi connectivity index (χ4n) is 3.50. The lowest BCUT2D eigenvalue weighted by Crippen LogP contribution is -2.39. The van der Waals surface area contributed by atoms with Crippen LogP contribution in [0.1, 0.15) is 22.3 Å². The van der Waals surface area contributed by atoms with Crippen molar-refractivity contribution in [3.05, 3.63) is 58.1 Å². The molecule has 5 nitrogen and oxygen atoms in total. The van der Waals surface area contributed by atoms with Crippen LogP contribution in [0.4, 0.5) is 5.13 Å². The van der Waals surface area contributed by atoms with Crippen molar-refractivity contribution in [3.63, 3.8) is 0 Å². The molecule has 1 saturated heterocycles. The normalized spacial score (nSPS) is 15.0. The van der Waals surface area contributed by atoms with Gasteiger partial charge >= 0.3 is 0 Å². The minimum atomic E-state index is -0.00353. The molecule has 152 valence electrons. The first-order chi connectivity index (χ1) is 14.1. The largest absolute Gasteiger partial charge is 0.379 e. The quantitative estimate of drug-likeness (QED) is 0.518. The van der Waals surface area contributed by atoms with E-state index in [1.807, 2.05) is 35.2 Å². The number of carbonyl (C=O) groups excluding carboxylic acids is 1. The van der Waals surface area contributed by atoms with Crippen LogP contribution in [0.5, 0.6) is 0 Å². The van der Waals surface area contributed by atoms with E-state index in [-0.39, 0.29) is 5.91 Å². The van der Waals surface area contributed by atoms with Crippen LogP contribution in [-0.2, 0) is 4.74 Å². The van der Waals surface area contributed by atoms with E-state index in [9.17, 15) is 4.79 Å². The summed E-state index contributed by atoms with van der Waals surface area (Å²) in [6.45, 7) is 7.16. The van der Waals surface area contributed by atoms with Crippen LogP contribution < -0.4 is 4.90 Å². The van der Waals surface area contributed by atoms with E-state index in [1.54, 1.807) is 11.3 Å². The van der Waals surface area contributed by atoms with Crippen LogP contribution in [0.25, 0.3) is 10.2 Å². The van der Waals surface area contributed by atoms with Gasteiger partial charge in [0.15, 0.2) is 5.13 Å². The average Bonchev–Trinajstić information content (AvgIpc) is 3.17. The summed E-state index contributed by atoms with van der Waals surface area (Å²) in [6, 6.07) is 13.7. The Hall–Kier alpha value is -1.80. The van der Waals surface area contributed by atoms with E-state index < -0.39 is 0 Å². The number of thiazole rings is 1. The van der Waals surface area contributed by atoms with Crippen LogP contribution in [0.3, 0.4) is 0 Å². The molecule has 2 aromatic carbocycles. The lowest BCUT2D eigenvalue weighted by Gasteiger charge is -2.27. The number of carbonyl (C=O) groups is 1. The summed E-state index contributed by atoms with van der Waals surface area (Å²) in [7, 11) is 0. The van der Waals surface area contributed by atoms with E-state index in [4.69, 9.17) is 9.72 Å². The molecule has 0 N–H and O–H groups in total. The molecule has 0 saturated carbocycles. The average molecular weight is 474 g/mol. The van der Waals surface area contributed by atoms with Gasteiger partial charge in [-0.3, -0.25) is 14.6 Å². The molecule has 29 heavy (non-hydrogen) atoms. The molecule has 0 bridgehead atoms. The Kier molecular flexibility index (Phi) is 6.60. The summed E-state index contributed by atoms with van der Waals surface area (Å²) in [5.74, 6) is -0.00353. The molecule has 1 amide bonds. The van der Waals surface area contributed by atoms with Gasteiger partial charge in [0.05, 0.1) is 23.4 Å². The number of para-hydroxylation sites is 1. The van der Waals surface area contributed by atoms with Crippen LogP contribution >= 0.6 is 27.3 Å². The number of aromatic nitrogens is 1. The molecular weight excluding hydrogens is 450 g/mol. The topological polar surface area (TPSA) is 45.7 Å². The maximum atomic E-state index is 13.3. The number of morpholine rings is 1. The number of anilines is 1. The van der Waals surface area contributed by atoms with Gasteiger partial charge in [-0.05, 0) is 49.2 Å². The molecular formula is C22H24BrN3O2S. The highest BCUT2D eigenvalue weighted by atomic mass is 79.9. The molecule has 1 aliphatic rings. The number of ether oxygens (including phenoxy) is 1. The molecule has 0 spiro atoms. The van der Waals surface area contributed by atoms with Gasteiger partial charge in [0.2, 0.25) is 0 Å². The lowest BCUT2D eigenvalue weighted by molar-refractivity contribution is 0.0376. The predicted octanol–water partition coefficient (Wildman–Crippen LogP) is 4.74. The summed E-state index contributed by atoms with van der Waals surface area (Å²) < 4.78 is 7.50. The Bertz CT molecular complexity index is 983. The highest BCUT2D eigenvalue weighted by Crippen LogP contribution is 2.31. The highest BCUT2D eigenvalue weighted by molar-refractivity contribution is 9.10. The maximum absolute atomic E-state index is 13.3. The Morgan fingerprint density at radius 1 is 1.21 bits per heavy atom. The summed E-state index contributed by atoms with van der Waals surface area (Å²) >= 11 is 5.03. The molecule has 0 radical (unpaired) electrons. The van der Waals surface area contributed by atoms with Gasteiger partial charge in [-0.25, -0.2) is 4.98 Å². The Morgan fingerprint density at radius 3 is 2.69 bits per heavy atom. The first kappa shape index (κ1) is 20.5. The molecule has 1 fully saturated rings. The minimum absolute atomic E-state index is 0.00353. The summed E-state index contributed by atoms with van der Waals surface area (Å²) in [6.07, 6.45) is 0.900. The molecule has 7 heteroatoms. The number of fused-ring (bicyclic) bond motifs is 1. The van der Waals surface area contributed by atoms with Crippen LogP contribution in [0.15, 0.2) is 46.9 Å². The van der Waals surface area contributed by atoms with E-state index >= 15 is 0 Å². The lowest BCUT2D eigenvalue weighted by atomic mass is 10.2. The molecule has 0 aliphatic carbocycles. The molecule has 1 aliphatic heterocycles. The Morgan fingerprint density at radius 2 is 1.97 bits per heavy atom. The number of aryl methyl sites for hydroxylation is 1. The van der Waals surface area contributed by atoms with Gasteiger partial charge in [0, 0.05) is 36.2 Å². The van der Waals surface area contributed by atoms with Crippen molar-refractivity contribution in [2.45, 2.75) is 13.3 Å². The maximum Gasteiger partial charge on any atom is 0.260 e. The van der Waals surface area contributed by atoms with Crippen molar-refractivity contribution in [2.75, 3.05) is 44.3 Å². The number of benzene rings is 2. The highest BCUT2D eigenvalue weighted by Gasteiger charge is 2.22. The van der Waals surface area contributed by atoms with E-state index in [0.717, 1.165) is 64.7 Å². The fourth-order valence-corrected chi connectivity index (χ4v) is 4.83. The zero-order valence-electron chi connectivity index (χ0n) is 16.4. The SMILES string of the molecule is Cc1cccc2sc(N(CCCN3CCOCC3)C(=O)c3ccc(Br)cc3)nc12. The zero-order chi connectivity index (χ0) is 20.2. The second-order valence-electron chi connectivity index (χ2n) is 7.19. The Labute approximate surface area is 183 Å². The van der Waals surface area contributed by atoms with Gasteiger partial charge in [-0.1, -0.05) is 39.4 Å². The molecule has 0 atom stereocenters. The predicted molar refractivity (Wildman–Crippen MR) is 122 cm³/mol. The third kappa shape index (κ3) is 4.86. The van der Waals surface area contributed by atoms with E-state index in [0.29, 0.717) is 12.1 Å². The van der Waals surface area contributed by atoms with Crippen molar-refractivity contribution in [1.29, 1.82) is 0 Å². The summed E-state index contributed by atoms with van der Waals surface area (Å²) in [4.78, 5) is 22.4. The molecule has 2 heterocycles. The number of nitrogens with zero attached hydrogens (tertiary/aromatic N) is 3. The molecule has 4 rings (SSSR count). The van der Waals surface area contributed by atoms with Crippen LogP contribution in [0.2, 0.25) is 0 Å². The Balaban J connectivity index is 1.57. The first-order valence-corrected chi connectivity index (χ1v) is 11.5. The molecule has 3 aromatic rings. The van der Waals surface area contributed by atoms with Crippen molar-refractivity contribution >= 4 is 48.5 Å². The third-order valence-electron chi connectivity index (χ3n) is 5.14. The van der Waals surface area contributed by atoms with E-state index in [1.165, 1.54) is 0 Å². The number of rotatable bonds is 6. The van der Waals surface area contributed by atoms with Crippen LogP contribution in [-0.4, -0.2) is 55.2 Å². The number of hydrogen-bond acceptors (Lipinski definition) is 5. The standard InChI is InChI=1S/C22H24BrN3O2S/c1-16-4-2-5-19-20(16)24-22(29-19)26(11-3-10-25-12-14-28-15-13-25)21(27)17-6-8-18(23)9-7-17/h2,4-9H,3,10-15H2,1H3. The first-order valence-electron chi connectivity index (χ1n) is 9.85. The van der Waals surface area contributed by atoms with Crippen molar-refractivity contribution in [1.82, 2.24) is 9.88 Å². The smallest absolute Gasteiger partial charge is 0.260 e. The second kappa shape index (κ2) is 9.34. The fraction of sp³-hybridized carbons (Fsp3) is 0.364. The summed E-state index contributed by atoms with van der Waals surface area (Å²) in [5, 5.41) is 0.768. The minimum Gasteiger partial charge on any atom is -0.379 e. The zero-order valence-corrected chi connectivity index (χ0v) is 18.8. The molecule has 0 unspecified atom stereocenters. The third-order valence-corrected chi connectivity index (χ3v) is 6.71. The van der Waals surface area contributed by atoms with Crippen molar-refractivity contribution in [3.8, 4) is 0 Å². The van der Waals surface area contributed by atoms with Crippen molar-refractivity contribution in [2.24, 2.45) is 0 Å². The summed E-state index contributed by atoms with van der Waals surface area (Å²) in [5.41, 5.74) is 2.79. The van der Waals surface area contributed by atoms with Gasteiger partial charge in [0.25, 0.3) is 5.91 Å². The van der Waals surface area contributed by atoms with Gasteiger partial charge in [0.1, 0.15) is 0 Å². The second-order valence-corrected chi connectivity index (χ2v) is 9.11. The number of halogens is 1. The van der Waals surface area contributed by atoms with Gasteiger partial charge in [-0.2, -0.15) is 0 Å². The number of hydrogen-bond donors (Lipinski definition) is 0. The van der Waals surface area contributed by atoms with Gasteiger partial charge in [-0.15, -0.1) is 0 Å². The van der Waals surface area contributed by atoms with Crippen molar-refractivity contribution < 1.29 is 9.53 Å². The van der Waals surface area contributed by atoms with E-state index in [2.05, 4.69) is 39.9 Å².